The van der Waals surface area contributed by atoms with Crippen molar-refractivity contribution in [3.05, 3.63) is 30.1 Å². The molecule has 0 radical (unpaired) electrons. The lowest BCUT2D eigenvalue weighted by atomic mass is 10.3. The van der Waals surface area contributed by atoms with E-state index >= 15 is 0 Å². The van der Waals surface area contributed by atoms with Crippen LogP contribution in [0.3, 0.4) is 0 Å². The minimum absolute atomic E-state index is 0. The summed E-state index contributed by atoms with van der Waals surface area (Å²) in [5, 5.41) is 8.56. The quantitative estimate of drug-likeness (QED) is 0.282. The number of halogens is 2. The van der Waals surface area contributed by atoms with E-state index in [-0.39, 0.29) is 42.2 Å². The van der Waals surface area contributed by atoms with Gasteiger partial charge in [-0.2, -0.15) is 11.8 Å². The molecule has 0 heterocycles. The van der Waals surface area contributed by atoms with Crippen LogP contribution in [0.5, 0.6) is 0 Å². The molecule has 0 aliphatic heterocycles. The minimum atomic E-state index is -0.384. The van der Waals surface area contributed by atoms with Crippen LogP contribution >= 0.6 is 35.7 Å². The van der Waals surface area contributed by atoms with E-state index in [2.05, 4.69) is 20.9 Å². The van der Waals surface area contributed by atoms with E-state index in [9.17, 15) is 9.18 Å². The topological polar surface area (TPSA) is 65.5 Å². The molecule has 0 aromatic heterocycles. The van der Waals surface area contributed by atoms with Gasteiger partial charge in [0.25, 0.3) is 0 Å². The van der Waals surface area contributed by atoms with Crippen molar-refractivity contribution in [3.63, 3.8) is 0 Å². The van der Waals surface area contributed by atoms with Gasteiger partial charge in [0.2, 0.25) is 5.91 Å². The Morgan fingerprint density at radius 2 is 2.14 bits per heavy atom. The third-order valence-electron chi connectivity index (χ3n) is 2.35. The Balaban J connectivity index is 0.00000400. The van der Waals surface area contributed by atoms with Gasteiger partial charge >= 0.3 is 0 Å². The fourth-order valence-corrected chi connectivity index (χ4v) is 1.73. The lowest BCUT2D eigenvalue weighted by Gasteiger charge is -2.11. The first-order valence-corrected chi connectivity index (χ1v) is 7.54. The molecular weight excluding hydrogens is 406 g/mol. The van der Waals surface area contributed by atoms with E-state index in [1.165, 1.54) is 12.1 Å². The number of nitrogens with one attached hydrogen (secondary N) is 3. The van der Waals surface area contributed by atoms with Crippen molar-refractivity contribution in [2.24, 2.45) is 4.99 Å². The molecule has 0 bridgehead atoms. The van der Waals surface area contributed by atoms with Gasteiger partial charge in [0, 0.05) is 25.0 Å². The number of hydrogen-bond donors (Lipinski definition) is 3. The van der Waals surface area contributed by atoms with Gasteiger partial charge in [-0.25, -0.2) is 4.39 Å². The number of aliphatic imine (C=N–C) groups is 1. The molecule has 0 saturated carbocycles. The normalized spacial score (nSPS) is 10.5. The molecule has 1 amide bonds. The van der Waals surface area contributed by atoms with Crippen LogP contribution in [-0.4, -0.2) is 44.0 Å². The molecular formula is C13H20FIN4OS. The maximum absolute atomic E-state index is 13.0. The summed E-state index contributed by atoms with van der Waals surface area (Å²) in [7, 11) is 1.64. The highest BCUT2D eigenvalue weighted by atomic mass is 127. The van der Waals surface area contributed by atoms with Crippen molar-refractivity contribution < 1.29 is 9.18 Å². The van der Waals surface area contributed by atoms with Crippen molar-refractivity contribution in [2.75, 3.05) is 37.5 Å². The smallest absolute Gasteiger partial charge is 0.243 e. The predicted molar refractivity (Wildman–Crippen MR) is 98.2 cm³/mol. The zero-order valence-electron chi connectivity index (χ0n) is 12.0. The summed E-state index contributed by atoms with van der Waals surface area (Å²) in [6, 6.07) is 5.77. The molecule has 0 spiro atoms. The minimum Gasteiger partial charge on any atom is -0.356 e. The highest BCUT2D eigenvalue weighted by molar-refractivity contribution is 14.0. The van der Waals surface area contributed by atoms with Gasteiger partial charge in [-0.1, -0.05) is 6.07 Å². The van der Waals surface area contributed by atoms with E-state index in [0.29, 0.717) is 11.6 Å². The molecule has 5 nitrogen and oxygen atoms in total. The number of nitrogens with zero attached hydrogens (tertiary/aromatic N) is 1. The molecule has 21 heavy (non-hydrogen) atoms. The average molecular weight is 426 g/mol. The van der Waals surface area contributed by atoms with E-state index in [1.54, 1.807) is 30.9 Å². The summed E-state index contributed by atoms with van der Waals surface area (Å²) >= 11 is 1.72. The Labute approximate surface area is 145 Å². The van der Waals surface area contributed by atoms with Crippen LogP contribution in [0.1, 0.15) is 0 Å². The van der Waals surface area contributed by atoms with Crippen molar-refractivity contribution in [2.45, 2.75) is 0 Å². The molecule has 0 atom stereocenters. The first kappa shape index (κ1) is 20.0. The third-order valence-corrected chi connectivity index (χ3v) is 2.96. The number of benzene rings is 1. The van der Waals surface area contributed by atoms with Crippen LogP contribution in [-0.2, 0) is 4.79 Å². The lowest BCUT2D eigenvalue weighted by molar-refractivity contribution is -0.115. The Morgan fingerprint density at radius 3 is 2.76 bits per heavy atom. The molecule has 3 N–H and O–H groups in total. The van der Waals surface area contributed by atoms with Crippen molar-refractivity contribution in [1.29, 1.82) is 0 Å². The van der Waals surface area contributed by atoms with Gasteiger partial charge in [-0.15, -0.1) is 24.0 Å². The summed E-state index contributed by atoms with van der Waals surface area (Å²) < 4.78 is 13.0. The van der Waals surface area contributed by atoms with Gasteiger partial charge < -0.3 is 16.0 Å². The van der Waals surface area contributed by atoms with Crippen molar-refractivity contribution in [1.82, 2.24) is 10.6 Å². The molecule has 0 fully saturated rings. The van der Waals surface area contributed by atoms with Gasteiger partial charge in [0.05, 0.1) is 6.54 Å². The lowest BCUT2D eigenvalue weighted by Crippen LogP contribution is -2.42. The molecule has 118 valence electrons. The summed E-state index contributed by atoms with van der Waals surface area (Å²) in [6.07, 6.45) is 2.02. The van der Waals surface area contributed by atoms with Crippen molar-refractivity contribution in [3.8, 4) is 0 Å². The van der Waals surface area contributed by atoms with Gasteiger partial charge in [0.1, 0.15) is 5.82 Å². The maximum Gasteiger partial charge on any atom is 0.243 e. The van der Waals surface area contributed by atoms with Crippen LogP contribution in [0.2, 0.25) is 0 Å². The number of guanidine groups is 1. The van der Waals surface area contributed by atoms with Crippen LogP contribution in [0.4, 0.5) is 10.1 Å². The average Bonchev–Trinajstić information content (AvgIpc) is 2.42. The van der Waals surface area contributed by atoms with Crippen LogP contribution < -0.4 is 16.0 Å². The number of carbonyl (C=O) groups excluding carboxylic acids is 1. The largest absolute Gasteiger partial charge is 0.356 e. The number of hydrogen-bond acceptors (Lipinski definition) is 3. The Bertz CT molecular complexity index is 473. The Kier molecular flexibility index (Phi) is 11.0. The molecule has 1 rings (SSSR count). The standard InChI is InChI=1S/C13H19FN4OS.HI/c1-15-13(16-6-7-20-2)17-9-12(19)18-11-5-3-4-10(14)8-11;/h3-5,8H,6-7,9H2,1-2H3,(H,18,19)(H2,15,16,17);1H. The third kappa shape index (κ3) is 8.76. The highest BCUT2D eigenvalue weighted by Crippen LogP contribution is 2.08. The maximum atomic E-state index is 13.0. The SMILES string of the molecule is CN=C(NCCSC)NCC(=O)Nc1cccc(F)c1.I. The molecule has 1 aromatic rings. The molecule has 8 heteroatoms. The summed E-state index contributed by atoms with van der Waals surface area (Å²) in [5.41, 5.74) is 0.433. The summed E-state index contributed by atoms with van der Waals surface area (Å²) in [6.45, 7) is 0.835. The number of thioether (sulfide) groups is 1. The predicted octanol–water partition coefficient (Wildman–Crippen LogP) is 1.91. The second-order valence-corrected chi connectivity index (χ2v) is 4.89. The highest BCUT2D eigenvalue weighted by Gasteiger charge is 2.04. The molecule has 0 saturated heterocycles. The molecule has 0 unspecified atom stereocenters. The number of anilines is 1. The molecule has 1 aromatic carbocycles. The van der Waals surface area contributed by atoms with Crippen molar-refractivity contribution >= 4 is 53.3 Å². The van der Waals surface area contributed by atoms with E-state index < -0.39 is 0 Å². The van der Waals surface area contributed by atoms with E-state index in [1.807, 2.05) is 6.26 Å². The van der Waals surface area contributed by atoms with Gasteiger partial charge in [-0.3, -0.25) is 9.79 Å². The zero-order chi connectivity index (χ0) is 14.8. The molecule has 0 aliphatic carbocycles. The van der Waals surface area contributed by atoms with Crippen LogP contribution in [0.15, 0.2) is 29.3 Å². The second-order valence-electron chi connectivity index (χ2n) is 3.90. The van der Waals surface area contributed by atoms with Crippen LogP contribution in [0, 0.1) is 5.82 Å². The Morgan fingerprint density at radius 1 is 1.38 bits per heavy atom. The zero-order valence-corrected chi connectivity index (χ0v) is 15.1. The first-order chi connectivity index (χ1) is 9.65. The Hall–Kier alpha value is -1.03. The van der Waals surface area contributed by atoms with Gasteiger partial charge in [0.15, 0.2) is 5.96 Å². The molecule has 0 aliphatic rings. The fraction of sp³-hybridized carbons (Fsp3) is 0.385. The number of amides is 1. The number of rotatable bonds is 6. The van der Waals surface area contributed by atoms with E-state index in [4.69, 9.17) is 0 Å². The number of carbonyl (C=O) groups is 1. The first-order valence-electron chi connectivity index (χ1n) is 6.14. The van der Waals surface area contributed by atoms with Gasteiger partial charge in [-0.05, 0) is 24.5 Å². The summed E-state index contributed by atoms with van der Waals surface area (Å²) in [4.78, 5) is 15.7. The van der Waals surface area contributed by atoms with Crippen LogP contribution in [0.25, 0.3) is 0 Å². The monoisotopic (exact) mass is 426 g/mol. The van der Waals surface area contributed by atoms with E-state index in [0.717, 1.165) is 12.3 Å². The second kappa shape index (κ2) is 11.6. The fourth-order valence-electron chi connectivity index (χ4n) is 1.43. The summed E-state index contributed by atoms with van der Waals surface area (Å²) in [5.74, 6) is 0.873.